The summed E-state index contributed by atoms with van der Waals surface area (Å²) >= 11 is 2.33. The quantitative estimate of drug-likeness (QED) is 0.879. The number of aryl methyl sites for hydroxylation is 2. The lowest BCUT2D eigenvalue weighted by Gasteiger charge is -2.08. The predicted octanol–water partition coefficient (Wildman–Crippen LogP) is 2.95. The van der Waals surface area contributed by atoms with Crippen LogP contribution in [-0.4, -0.2) is 9.78 Å². The number of aromatic nitrogens is 2. The molecular weight excluding hydrogens is 313 g/mol. The number of rotatable bonds is 3. The predicted molar refractivity (Wildman–Crippen MR) is 74.4 cm³/mol. The van der Waals surface area contributed by atoms with Gasteiger partial charge < -0.3 is 5.32 Å². The van der Waals surface area contributed by atoms with Crippen LogP contribution >= 0.6 is 22.6 Å². The van der Waals surface area contributed by atoms with Crippen LogP contribution < -0.4 is 5.32 Å². The first-order valence-electron chi connectivity index (χ1n) is 5.15. The van der Waals surface area contributed by atoms with Gasteiger partial charge >= 0.3 is 0 Å². The highest BCUT2D eigenvalue weighted by atomic mass is 127. The van der Waals surface area contributed by atoms with Crippen molar-refractivity contribution in [3.05, 3.63) is 45.3 Å². The second kappa shape index (κ2) is 4.86. The molecule has 0 saturated heterocycles. The first kappa shape index (κ1) is 11.4. The zero-order chi connectivity index (χ0) is 11.5. The van der Waals surface area contributed by atoms with E-state index in [1.807, 2.05) is 30.8 Å². The zero-order valence-electron chi connectivity index (χ0n) is 9.37. The number of benzene rings is 1. The maximum absolute atomic E-state index is 4.32. The van der Waals surface area contributed by atoms with Crippen molar-refractivity contribution in [3.8, 4) is 0 Å². The average Bonchev–Trinajstić information content (AvgIpc) is 2.56. The summed E-state index contributed by atoms with van der Waals surface area (Å²) in [5, 5.41) is 7.74. The fraction of sp³-hybridized carbons (Fsp3) is 0.250. The SMILES string of the molecule is Cc1cc(CNc2ccccc2I)n(C)n1. The van der Waals surface area contributed by atoms with E-state index >= 15 is 0 Å². The normalized spacial score (nSPS) is 10.4. The second-order valence-corrected chi connectivity index (χ2v) is 4.90. The Morgan fingerprint density at radius 2 is 2.12 bits per heavy atom. The lowest BCUT2D eigenvalue weighted by molar-refractivity contribution is 0.713. The van der Waals surface area contributed by atoms with Gasteiger partial charge in [0.2, 0.25) is 0 Å². The van der Waals surface area contributed by atoms with Gasteiger partial charge in [-0.2, -0.15) is 5.10 Å². The highest BCUT2D eigenvalue weighted by Gasteiger charge is 2.02. The van der Waals surface area contributed by atoms with Crippen LogP contribution in [0.2, 0.25) is 0 Å². The van der Waals surface area contributed by atoms with E-state index in [-0.39, 0.29) is 0 Å². The number of nitrogens with one attached hydrogen (secondary N) is 1. The number of halogens is 1. The molecule has 0 bridgehead atoms. The van der Waals surface area contributed by atoms with Gasteiger partial charge in [-0.05, 0) is 47.7 Å². The Kier molecular flexibility index (Phi) is 3.48. The lowest BCUT2D eigenvalue weighted by Crippen LogP contribution is -2.06. The lowest BCUT2D eigenvalue weighted by atomic mass is 10.3. The van der Waals surface area contributed by atoms with Crippen LogP contribution in [0.25, 0.3) is 0 Å². The summed E-state index contributed by atoms with van der Waals surface area (Å²) in [7, 11) is 1.97. The minimum atomic E-state index is 0.803. The van der Waals surface area contributed by atoms with Crippen molar-refractivity contribution in [1.29, 1.82) is 0 Å². The number of anilines is 1. The fourth-order valence-electron chi connectivity index (χ4n) is 1.62. The van der Waals surface area contributed by atoms with Gasteiger partial charge in [-0.25, -0.2) is 0 Å². The van der Waals surface area contributed by atoms with Gasteiger partial charge in [0.1, 0.15) is 0 Å². The molecule has 3 nitrogen and oxygen atoms in total. The molecule has 0 radical (unpaired) electrons. The summed E-state index contributed by atoms with van der Waals surface area (Å²) < 4.78 is 3.15. The summed E-state index contributed by atoms with van der Waals surface area (Å²) in [6, 6.07) is 10.4. The minimum absolute atomic E-state index is 0.803. The first-order chi connectivity index (χ1) is 7.66. The van der Waals surface area contributed by atoms with Gasteiger partial charge in [-0.1, -0.05) is 12.1 Å². The van der Waals surface area contributed by atoms with E-state index in [0.29, 0.717) is 0 Å². The third-order valence-corrected chi connectivity index (χ3v) is 3.37. The van der Waals surface area contributed by atoms with Crippen molar-refractivity contribution in [2.24, 2.45) is 7.05 Å². The van der Waals surface area contributed by atoms with Gasteiger partial charge in [0.15, 0.2) is 0 Å². The Morgan fingerprint density at radius 1 is 1.38 bits per heavy atom. The van der Waals surface area contributed by atoms with Gasteiger partial charge in [0.25, 0.3) is 0 Å². The highest BCUT2D eigenvalue weighted by Crippen LogP contribution is 2.17. The van der Waals surface area contributed by atoms with Crippen molar-refractivity contribution in [2.75, 3.05) is 5.32 Å². The minimum Gasteiger partial charge on any atom is -0.379 e. The molecule has 4 heteroatoms. The third-order valence-electron chi connectivity index (χ3n) is 2.43. The highest BCUT2D eigenvalue weighted by molar-refractivity contribution is 14.1. The molecule has 0 unspecified atom stereocenters. The van der Waals surface area contributed by atoms with E-state index in [1.54, 1.807) is 0 Å². The fourth-order valence-corrected chi connectivity index (χ4v) is 2.20. The molecule has 2 aromatic rings. The summed E-state index contributed by atoms with van der Waals surface area (Å²) in [6.45, 7) is 2.81. The van der Waals surface area contributed by atoms with Gasteiger partial charge in [-0.15, -0.1) is 0 Å². The summed E-state index contributed by atoms with van der Waals surface area (Å²) in [6.07, 6.45) is 0. The van der Waals surface area contributed by atoms with Crippen LogP contribution in [0.5, 0.6) is 0 Å². The Labute approximate surface area is 109 Å². The van der Waals surface area contributed by atoms with Crippen molar-refractivity contribution in [1.82, 2.24) is 9.78 Å². The summed E-state index contributed by atoms with van der Waals surface area (Å²) in [4.78, 5) is 0. The molecular formula is C12H14IN3. The van der Waals surface area contributed by atoms with Crippen molar-refractivity contribution in [2.45, 2.75) is 13.5 Å². The van der Waals surface area contributed by atoms with Crippen molar-refractivity contribution in [3.63, 3.8) is 0 Å². The van der Waals surface area contributed by atoms with E-state index in [4.69, 9.17) is 0 Å². The molecule has 1 aromatic carbocycles. The molecule has 16 heavy (non-hydrogen) atoms. The van der Waals surface area contributed by atoms with Crippen LogP contribution in [-0.2, 0) is 13.6 Å². The Balaban J connectivity index is 2.08. The largest absolute Gasteiger partial charge is 0.379 e. The molecule has 0 aliphatic rings. The van der Waals surface area contributed by atoms with Crippen LogP contribution in [0.3, 0.4) is 0 Å². The standard InChI is InChI=1S/C12H14IN3/c1-9-7-10(16(2)15-9)8-14-12-6-4-3-5-11(12)13/h3-7,14H,8H2,1-2H3. The Bertz CT molecular complexity index is 491. The van der Waals surface area contributed by atoms with Gasteiger partial charge in [-0.3, -0.25) is 4.68 Å². The molecule has 1 heterocycles. The third kappa shape index (κ3) is 2.55. The molecule has 0 spiro atoms. The molecule has 2 rings (SSSR count). The maximum Gasteiger partial charge on any atom is 0.0597 e. The van der Waals surface area contributed by atoms with Crippen LogP contribution in [0.15, 0.2) is 30.3 Å². The Morgan fingerprint density at radius 3 is 2.75 bits per heavy atom. The molecule has 84 valence electrons. The maximum atomic E-state index is 4.32. The van der Waals surface area contributed by atoms with Crippen LogP contribution in [0, 0.1) is 10.5 Å². The molecule has 0 aliphatic carbocycles. The average molecular weight is 327 g/mol. The smallest absolute Gasteiger partial charge is 0.0597 e. The number of hydrogen-bond donors (Lipinski definition) is 1. The van der Waals surface area contributed by atoms with Crippen molar-refractivity contribution >= 4 is 28.3 Å². The number of para-hydroxylation sites is 1. The van der Waals surface area contributed by atoms with Crippen LogP contribution in [0.1, 0.15) is 11.4 Å². The van der Waals surface area contributed by atoms with E-state index < -0.39 is 0 Å². The molecule has 0 fully saturated rings. The van der Waals surface area contributed by atoms with E-state index in [1.165, 1.54) is 15.0 Å². The first-order valence-corrected chi connectivity index (χ1v) is 6.22. The van der Waals surface area contributed by atoms with E-state index in [9.17, 15) is 0 Å². The number of nitrogens with zero attached hydrogens (tertiary/aromatic N) is 2. The molecule has 1 N–H and O–H groups in total. The monoisotopic (exact) mass is 327 g/mol. The molecule has 0 aliphatic heterocycles. The van der Waals surface area contributed by atoms with Crippen LogP contribution in [0.4, 0.5) is 5.69 Å². The van der Waals surface area contributed by atoms with Gasteiger partial charge in [0.05, 0.1) is 17.9 Å². The zero-order valence-corrected chi connectivity index (χ0v) is 11.5. The Hall–Kier alpha value is -1.04. The van der Waals surface area contributed by atoms with E-state index in [2.05, 4.69) is 51.2 Å². The number of hydrogen-bond acceptors (Lipinski definition) is 2. The molecule has 1 aromatic heterocycles. The van der Waals surface area contributed by atoms with E-state index in [0.717, 1.165) is 12.2 Å². The summed E-state index contributed by atoms with van der Waals surface area (Å²) in [5.74, 6) is 0. The van der Waals surface area contributed by atoms with Gasteiger partial charge in [0, 0.05) is 16.3 Å². The molecule has 0 atom stereocenters. The van der Waals surface area contributed by atoms with Crippen molar-refractivity contribution < 1.29 is 0 Å². The second-order valence-electron chi connectivity index (χ2n) is 3.73. The summed E-state index contributed by atoms with van der Waals surface area (Å²) in [5.41, 5.74) is 3.42. The topological polar surface area (TPSA) is 29.9 Å². The molecule has 0 amide bonds. The molecule has 0 saturated carbocycles.